The van der Waals surface area contributed by atoms with Crippen LogP contribution in [0.4, 0.5) is 0 Å². The summed E-state index contributed by atoms with van der Waals surface area (Å²) in [7, 11) is 0. The quantitative estimate of drug-likeness (QED) is 0.829. The van der Waals surface area contributed by atoms with Gasteiger partial charge in [-0.3, -0.25) is 9.78 Å². The first-order chi connectivity index (χ1) is 7.53. The molecular weight excluding hydrogens is 202 g/mol. The van der Waals surface area contributed by atoms with E-state index in [2.05, 4.69) is 10.3 Å². The van der Waals surface area contributed by atoms with Gasteiger partial charge in [0.15, 0.2) is 0 Å². The molecule has 0 fully saturated rings. The third-order valence-corrected chi connectivity index (χ3v) is 2.09. The summed E-state index contributed by atoms with van der Waals surface area (Å²) >= 11 is 0. The van der Waals surface area contributed by atoms with E-state index < -0.39 is 0 Å². The molecule has 4 nitrogen and oxygen atoms in total. The molecule has 0 aromatic carbocycles. The molecule has 0 aliphatic carbocycles. The molecule has 0 aliphatic rings. The zero-order valence-corrected chi connectivity index (χ0v) is 9.53. The van der Waals surface area contributed by atoms with Crippen LogP contribution in [0.25, 0.3) is 0 Å². The molecule has 0 saturated heterocycles. The molecule has 16 heavy (non-hydrogen) atoms. The summed E-state index contributed by atoms with van der Waals surface area (Å²) in [6.07, 6.45) is 4.08. The average Bonchev–Trinajstić information content (AvgIpc) is 2.17. The van der Waals surface area contributed by atoms with Crippen LogP contribution in [-0.2, 0) is 11.2 Å². The van der Waals surface area contributed by atoms with Crippen LogP contribution in [0, 0.1) is 11.3 Å². The number of nitrogens with zero attached hydrogens (tertiary/aromatic N) is 2. The highest BCUT2D eigenvalue weighted by atomic mass is 16.1. The maximum atomic E-state index is 11.3. The van der Waals surface area contributed by atoms with E-state index in [0.29, 0.717) is 6.42 Å². The monoisotopic (exact) mass is 217 g/mol. The summed E-state index contributed by atoms with van der Waals surface area (Å²) < 4.78 is 0. The van der Waals surface area contributed by atoms with Gasteiger partial charge in [0.1, 0.15) is 6.42 Å². The molecule has 1 rings (SSSR count). The summed E-state index contributed by atoms with van der Waals surface area (Å²) in [6.45, 7) is 3.85. The van der Waals surface area contributed by atoms with E-state index in [1.165, 1.54) is 0 Å². The standard InChI is InChI=1S/C12H15N3O/c1-12(2,15-11(16)5-6-13)8-10-4-3-7-14-9-10/h3-4,7,9H,5,8H2,1-2H3,(H,15,16). The van der Waals surface area contributed by atoms with Gasteiger partial charge < -0.3 is 5.32 Å². The van der Waals surface area contributed by atoms with E-state index in [0.717, 1.165) is 5.56 Å². The van der Waals surface area contributed by atoms with Crippen molar-refractivity contribution in [3.8, 4) is 6.07 Å². The Kier molecular flexibility index (Phi) is 4.01. The number of hydrogen-bond donors (Lipinski definition) is 1. The number of carbonyl (C=O) groups is 1. The zero-order chi connectivity index (χ0) is 12.0. The highest BCUT2D eigenvalue weighted by Crippen LogP contribution is 2.11. The number of carbonyl (C=O) groups excluding carboxylic acids is 1. The lowest BCUT2D eigenvalue weighted by Gasteiger charge is -2.25. The fourth-order valence-electron chi connectivity index (χ4n) is 1.55. The second-order valence-corrected chi connectivity index (χ2v) is 4.31. The van der Waals surface area contributed by atoms with Crippen molar-refractivity contribution in [2.45, 2.75) is 32.2 Å². The zero-order valence-electron chi connectivity index (χ0n) is 9.53. The van der Waals surface area contributed by atoms with Crippen molar-refractivity contribution in [3.05, 3.63) is 30.1 Å². The first-order valence-electron chi connectivity index (χ1n) is 5.10. The van der Waals surface area contributed by atoms with Crippen LogP contribution in [0.2, 0.25) is 0 Å². The first kappa shape index (κ1) is 12.2. The molecule has 0 atom stereocenters. The predicted octanol–water partition coefficient (Wildman–Crippen LogP) is 1.43. The van der Waals surface area contributed by atoms with Gasteiger partial charge in [0.25, 0.3) is 0 Å². The number of amides is 1. The molecule has 0 radical (unpaired) electrons. The summed E-state index contributed by atoms with van der Waals surface area (Å²) in [5, 5.41) is 11.2. The Labute approximate surface area is 95.3 Å². The van der Waals surface area contributed by atoms with Gasteiger partial charge in [-0.15, -0.1) is 0 Å². The normalized spacial score (nSPS) is 10.6. The van der Waals surface area contributed by atoms with Crippen LogP contribution in [0.15, 0.2) is 24.5 Å². The average molecular weight is 217 g/mol. The molecule has 0 unspecified atom stereocenters. The SMILES string of the molecule is CC(C)(Cc1cccnc1)NC(=O)CC#N. The van der Waals surface area contributed by atoms with Crippen molar-refractivity contribution in [2.24, 2.45) is 0 Å². The summed E-state index contributed by atoms with van der Waals surface area (Å²) in [6, 6.07) is 5.66. The van der Waals surface area contributed by atoms with Gasteiger partial charge in [0.05, 0.1) is 6.07 Å². The molecular formula is C12H15N3O. The van der Waals surface area contributed by atoms with Gasteiger partial charge in [0, 0.05) is 17.9 Å². The van der Waals surface area contributed by atoms with Crippen molar-refractivity contribution in [1.29, 1.82) is 5.26 Å². The molecule has 1 aromatic rings. The molecule has 1 N–H and O–H groups in total. The van der Waals surface area contributed by atoms with Crippen molar-refractivity contribution in [1.82, 2.24) is 10.3 Å². The Bertz CT molecular complexity index is 392. The molecule has 4 heteroatoms. The van der Waals surface area contributed by atoms with Gasteiger partial charge >= 0.3 is 0 Å². The van der Waals surface area contributed by atoms with E-state index in [1.807, 2.05) is 32.0 Å². The lowest BCUT2D eigenvalue weighted by atomic mass is 9.96. The van der Waals surface area contributed by atoms with Crippen LogP contribution in [0.3, 0.4) is 0 Å². The van der Waals surface area contributed by atoms with E-state index in [1.54, 1.807) is 12.4 Å². The third-order valence-electron chi connectivity index (χ3n) is 2.09. The topological polar surface area (TPSA) is 65.8 Å². The number of rotatable bonds is 4. The van der Waals surface area contributed by atoms with Crippen LogP contribution in [-0.4, -0.2) is 16.4 Å². The molecule has 1 amide bonds. The maximum absolute atomic E-state index is 11.3. The molecule has 0 aliphatic heterocycles. The molecule has 1 aromatic heterocycles. The molecule has 1 heterocycles. The van der Waals surface area contributed by atoms with Gasteiger partial charge in [-0.2, -0.15) is 5.26 Å². The van der Waals surface area contributed by atoms with Crippen molar-refractivity contribution in [2.75, 3.05) is 0 Å². The smallest absolute Gasteiger partial charge is 0.234 e. The van der Waals surface area contributed by atoms with Crippen LogP contribution >= 0.6 is 0 Å². The summed E-state index contributed by atoms with van der Waals surface area (Å²) in [5.41, 5.74) is 0.696. The second kappa shape index (κ2) is 5.26. The fraction of sp³-hybridized carbons (Fsp3) is 0.417. The predicted molar refractivity (Wildman–Crippen MR) is 60.4 cm³/mol. The number of nitrogens with one attached hydrogen (secondary N) is 1. The Hall–Kier alpha value is -1.89. The van der Waals surface area contributed by atoms with Crippen LogP contribution < -0.4 is 5.32 Å². The van der Waals surface area contributed by atoms with E-state index in [-0.39, 0.29) is 17.9 Å². The summed E-state index contributed by atoms with van der Waals surface area (Å²) in [4.78, 5) is 15.3. The minimum absolute atomic E-state index is 0.101. The highest BCUT2D eigenvalue weighted by Gasteiger charge is 2.20. The Morgan fingerprint density at radius 1 is 1.62 bits per heavy atom. The van der Waals surface area contributed by atoms with Crippen molar-refractivity contribution in [3.63, 3.8) is 0 Å². The molecule has 0 bridgehead atoms. The number of aromatic nitrogens is 1. The Morgan fingerprint density at radius 2 is 2.38 bits per heavy atom. The van der Waals surface area contributed by atoms with Crippen molar-refractivity contribution >= 4 is 5.91 Å². The second-order valence-electron chi connectivity index (χ2n) is 4.31. The highest BCUT2D eigenvalue weighted by molar-refractivity contribution is 5.78. The van der Waals surface area contributed by atoms with Crippen LogP contribution in [0.1, 0.15) is 25.8 Å². The first-order valence-corrected chi connectivity index (χ1v) is 5.10. The van der Waals surface area contributed by atoms with E-state index in [4.69, 9.17) is 5.26 Å². The lowest BCUT2D eigenvalue weighted by Crippen LogP contribution is -2.44. The number of pyridine rings is 1. The molecule has 84 valence electrons. The minimum Gasteiger partial charge on any atom is -0.350 e. The molecule has 0 saturated carbocycles. The van der Waals surface area contributed by atoms with E-state index >= 15 is 0 Å². The lowest BCUT2D eigenvalue weighted by molar-refractivity contribution is -0.121. The van der Waals surface area contributed by atoms with Crippen molar-refractivity contribution < 1.29 is 4.79 Å². The largest absolute Gasteiger partial charge is 0.350 e. The van der Waals surface area contributed by atoms with Gasteiger partial charge in [-0.1, -0.05) is 6.07 Å². The number of hydrogen-bond acceptors (Lipinski definition) is 3. The van der Waals surface area contributed by atoms with Gasteiger partial charge in [-0.05, 0) is 31.9 Å². The maximum Gasteiger partial charge on any atom is 0.234 e. The van der Waals surface area contributed by atoms with Crippen LogP contribution in [0.5, 0.6) is 0 Å². The van der Waals surface area contributed by atoms with Gasteiger partial charge in [0.2, 0.25) is 5.91 Å². The van der Waals surface area contributed by atoms with Gasteiger partial charge in [-0.25, -0.2) is 0 Å². The Morgan fingerprint density at radius 3 is 2.94 bits per heavy atom. The fourth-order valence-corrected chi connectivity index (χ4v) is 1.55. The number of nitriles is 1. The Balaban J connectivity index is 2.59. The summed E-state index contributed by atoms with van der Waals surface area (Å²) in [5.74, 6) is -0.239. The minimum atomic E-state index is -0.364. The van der Waals surface area contributed by atoms with E-state index in [9.17, 15) is 4.79 Å². The third kappa shape index (κ3) is 4.09. The molecule has 0 spiro atoms.